The van der Waals surface area contributed by atoms with Gasteiger partial charge in [-0.05, 0) is 46.0 Å². The van der Waals surface area contributed by atoms with Crippen LogP contribution in [0.3, 0.4) is 0 Å². The third kappa shape index (κ3) is 5.03. The minimum Gasteiger partial charge on any atom is -0.354 e. The van der Waals surface area contributed by atoms with E-state index in [1.807, 2.05) is 63.2 Å². The molecule has 0 fully saturated rings. The van der Waals surface area contributed by atoms with Crippen molar-refractivity contribution in [3.63, 3.8) is 0 Å². The first-order chi connectivity index (χ1) is 11.9. The molecule has 0 radical (unpaired) electrons. The summed E-state index contributed by atoms with van der Waals surface area (Å²) in [6.07, 6.45) is 0.713. The molecule has 1 amide bonds. The van der Waals surface area contributed by atoms with E-state index in [9.17, 15) is 9.59 Å². The van der Waals surface area contributed by atoms with Gasteiger partial charge in [-0.1, -0.05) is 35.9 Å². The number of pyridine rings is 1. The molecule has 0 bridgehead atoms. The highest BCUT2D eigenvalue weighted by atomic mass is 16.2. The number of rotatable bonds is 7. The molecule has 0 unspecified atom stereocenters. The monoisotopic (exact) mass is 341 g/mol. The average Bonchev–Trinajstić information content (AvgIpc) is 2.55. The van der Waals surface area contributed by atoms with Gasteiger partial charge >= 0.3 is 0 Å². The number of aromatic nitrogens is 1. The number of likely N-dealkylation sites (N-methyl/N-ethyl adjacent to an activating group) is 1. The molecular formula is C20H27N3O2. The van der Waals surface area contributed by atoms with Crippen LogP contribution in [0.1, 0.15) is 29.3 Å². The second-order valence-electron chi connectivity index (χ2n) is 6.58. The zero-order valence-corrected chi connectivity index (χ0v) is 15.5. The van der Waals surface area contributed by atoms with E-state index in [4.69, 9.17) is 0 Å². The molecule has 5 nitrogen and oxygen atoms in total. The third-order valence-corrected chi connectivity index (χ3v) is 4.28. The van der Waals surface area contributed by atoms with E-state index in [1.165, 1.54) is 5.56 Å². The number of aryl methyl sites for hydroxylation is 2. The Balaban J connectivity index is 1.93. The lowest BCUT2D eigenvalue weighted by Crippen LogP contribution is -2.37. The van der Waals surface area contributed by atoms with Gasteiger partial charge in [0.25, 0.3) is 5.56 Å². The van der Waals surface area contributed by atoms with Crippen LogP contribution >= 0.6 is 0 Å². The predicted octanol–water partition coefficient (Wildman–Crippen LogP) is 2.27. The van der Waals surface area contributed by atoms with Crippen molar-refractivity contribution < 1.29 is 4.79 Å². The molecule has 0 saturated heterocycles. The average molecular weight is 341 g/mol. The number of carbonyl (C=O) groups is 1. The molecule has 1 heterocycles. The second kappa shape index (κ2) is 8.62. The zero-order valence-electron chi connectivity index (χ0n) is 15.5. The van der Waals surface area contributed by atoms with Gasteiger partial charge in [0.1, 0.15) is 6.04 Å². The molecule has 2 aromatic rings. The van der Waals surface area contributed by atoms with Gasteiger partial charge in [-0.2, -0.15) is 0 Å². The van der Waals surface area contributed by atoms with Crippen molar-refractivity contribution >= 4 is 5.91 Å². The maximum Gasteiger partial charge on any atom is 0.250 e. The predicted molar refractivity (Wildman–Crippen MR) is 101 cm³/mol. The summed E-state index contributed by atoms with van der Waals surface area (Å²) in [5, 5.41) is 2.99. The maximum absolute atomic E-state index is 12.6. The molecule has 0 aliphatic rings. The van der Waals surface area contributed by atoms with Crippen LogP contribution in [0.15, 0.2) is 47.3 Å². The van der Waals surface area contributed by atoms with E-state index in [1.54, 1.807) is 16.7 Å². The number of hydrogen-bond donors (Lipinski definition) is 1. The van der Waals surface area contributed by atoms with Crippen molar-refractivity contribution in [2.45, 2.75) is 32.9 Å². The summed E-state index contributed by atoms with van der Waals surface area (Å²) in [6, 6.07) is 12.9. The Labute approximate surface area is 149 Å². The van der Waals surface area contributed by atoms with Crippen molar-refractivity contribution in [1.82, 2.24) is 14.8 Å². The molecule has 1 N–H and O–H groups in total. The Hall–Kier alpha value is -2.40. The molecule has 1 atom stereocenters. The van der Waals surface area contributed by atoms with Crippen molar-refractivity contribution in [3.05, 3.63) is 69.6 Å². The van der Waals surface area contributed by atoms with Gasteiger partial charge in [0, 0.05) is 24.8 Å². The standard InChI is InChI=1S/C20H27N3O2/c1-15-9-11-17(12-10-15)19(22(3)4)20(25)21-13-6-14-23-16(2)7-5-8-18(23)24/h5,7-12,19H,6,13-14H2,1-4H3,(H,21,25)/t19-/m0/s1. The fourth-order valence-electron chi connectivity index (χ4n) is 2.89. The van der Waals surface area contributed by atoms with Crippen LogP contribution in [0.4, 0.5) is 0 Å². The van der Waals surface area contributed by atoms with E-state index in [0.29, 0.717) is 19.5 Å². The molecule has 0 aliphatic heterocycles. The van der Waals surface area contributed by atoms with E-state index >= 15 is 0 Å². The van der Waals surface area contributed by atoms with Crippen molar-refractivity contribution in [2.24, 2.45) is 0 Å². The largest absolute Gasteiger partial charge is 0.354 e. The van der Waals surface area contributed by atoms with Gasteiger partial charge in [0.15, 0.2) is 0 Å². The van der Waals surface area contributed by atoms with E-state index in [-0.39, 0.29) is 17.5 Å². The van der Waals surface area contributed by atoms with Crippen LogP contribution in [-0.4, -0.2) is 36.0 Å². The highest BCUT2D eigenvalue weighted by Gasteiger charge is 2.22. The van der Waals surface area contributed by atoms with Crippen LogP contribution in [0.5, 0.6) is 0 Å². The number of carbonyl (C=O) groups excluding carboxylic acids is 1. The minimum absolute atomic E-state index is 0.00264. The van der Waals surface area contributed by atoms with E-state index < -0.39 is 0 Å². The minimum atomic E-state index is -0.318. The maximum atomic E-state index is 12.6. The smallest absolute Gasteiger partial charge is 0.250 e. The Bertz CT molecular complexity index is 763. The number of hydrogen-bond acceptors (Lipinski definition) is 3. The topological polar surface area (TPSA) is 54.3 Å². The van der Waals surface area contributed by atoms with E-state index in [0.717, 1.165) is 11.3 Å². The van der Waals surface area contributed by atoms with Crippen LogP contribution in [0, 0.1) is 13.8 Å². The van der Waals surface area contributed by atoms with Crippen LogP contribution in [-0.2, 0) is 11.3 Å². The molecule has 1 aromatic carbocycles. The lowest BCUT2D eigenvalue weighted by Gasteiger charge is -2.24. The van der Waals surface area contributed by atoms with E-state index in [2.05, 4.69) is 5.32 Å². The molecular weight excluding hydrogens is 314 g/mol. The Morgan fingerprint density at radius 1 is 1.12 bits per heavy atom. The number of nitrogens with zero attached hydrogens (tertiary/aromatic N) is 2. The summed E-state index contributed by atoms with van der Waals surface area (Å²) >= 11 is 0. The quantitative estimate of drug-likeness (QED) is 0.786. The highest BCUT2D eigenvalue weighted by molar-refractivity contribution is 5.83. The second-order valence-corrected chi connectivity index (χ2v) is 6.58. The summed E-state index contributed by atoms with van der Waals surface area (Å²) < 4.78 is 1.73. The SMILES string of the molecule is Cc1ccc([C@@H](C(=O)NCCCn2c(C)cccc2=O)N(C)C)cc1. The molecule has 0 aliphatic carbocycles. The first-order valence-corrected chi connectivity index (χ1v) is 8.57. The highest BCUT2D eigenvalue weighted by Crippen LogP contribution is 2.18. The summed E-state index contributed by atoms with van der Waals surface area (Å²) in [6.45, 7) is 5.08. The third-order valence-electron chi connectivity index (χ3n) is 4.28. The van der Waals surface area contributed by atoms with Gasteiger partial charge in [-0.15, -0.1) is 0 Å². The van der Waals surface area contributed by atoms with Crippen molar-refractivity contribution in [1.29, 1.82) is 0 Å². The molecule has 25 heavy (non-hydrogen) atoms. The Kier molecular flexibility index (Phi) is 6.53. The number of benzene rings is 1. The Morgan fingerprint density at radius 3 is 2.40 bits per heavy atom. The fourth-order valence-corrected chi connectivity index (χ4v) is 2.89. The van der Waals surface area contributed by atoms with Gasteiger partial charge in [0.2, 0.25) is 5.91 Å². The summed E-state index contributed by atoms with van der Waals surface area (Å²) in [5.74, 6) is -0.0222. The summed E-state index contributed by atoms with van der Waals surface area (Å²) in [4.78, 5) is 26.3. The van der Waals surface area contributed by atoms with Crippen LogP contribution < -0.4 is 10.9 Å². The van der Waals surface area contributed by atoms with Crippen molar-refractivity contribution in [2.75, 3.05) is 20.6 Å². The molecule has 134 valence electrons. The summed E-state index contributed by atoms with van der Waals surface area (Å²) in [7, 11) is 3.80. The first-order valence-electron chi connectivity index (χ1n) is 8.57. The van der Waals surface area contributed by atoms with Gasteiger partial charge in [-0.3, -0.25) is 14.5 Å². The zero-order chi connectivity index (χ0) is 18.4. The normalized spacial score (nSPS) is 12.2. The first kappa shape index (κ1) is 18.9. The fraction of sp³-hybridized carbons (Fsp3) is 0.400. The van der Waals surface area contributed by atoms with Crippen LogP contribution in [0.25, 0.3) is 0 Å². The van der Waals surface area contributed by atoms with Gasteiger partial charge < -0.3 is 9.88 Å². The van der Waals surface area contributed by atoms with Crippen molar-refractivity contribution in [3.8, 4) is 0 Å². The molecule has 1 aromatic heterocycles. The van der Waals surface area contributed by atoms with Crippen LogP contribution in [0.2, 0.25) is 0 Å². The number of amides is 1. The summed E-state index contributed by atoms with van der Waals surface area (Å²) in [5.41, 5.74) is 3.08. The lowest BCUT2D eigenvalue weighted by molar-refractivity contribution is -0.125. The lowest BCUT2D eigenvalue weighted by atomic mass is 10.0. The van der Waals surface area contributed by atoms with Gasteiger partial charge in [0.05, 0.1) is 0 Å². The van der Waals surface area contributed by atoms with Gasteiger partial charge in [-0.25, -0.2) is 0 Å². The molecule has 0 saturated carbocycles. The molecule has 5 heteroatoms. The Morgan fingerprint density at radius 2 is 1.80 bits per heavy atom. The number of nitrogens with one attached hydrogen (secondary N) is 1. The molecule has 0 spiro atoms. The molecule has 2 rings (SSSR count).